The Morgan fingerprint density at radius 1 is 1.10 bits per heavy atom. The molecule has 0 radical (unpaired) electrons. The van der Waals surface area contributed by atoms with Crippen LogP contribution >= 0.6 is 24.0 Å². The van der Waals surface area contributed by atoms with Crippen molar-refractivity contribution in [3.8, 4) is 0 Å². The van der Waals surface area contributed by atoms with Crippen molar-refractivity contribution in [2.75, 3.05) is 13.6 Å². The molecule has 0 saturated heterocycles. The van der Waals surface area contributed by atoms with Crippen molar-refractivity contribution in [1.29, 1.82) is 0 Å². The van der Waals surface area contributed by atoms with Crippen LogP contribution in [0.5, 0.6) is 0 Å². The molecule has 0 unspecified atom stereocenters. The van der Waals surface area contributed by atoms with Gasteiger partial charge in [-0.1, -0.05) is 24.3 Å². The van der Waals surface area contributed by atoms with Crippen molar-refractivity contribution in [2.24, 2.45) is 4.99 Å². The molecular weight excluding hydrogens is 481 g/mol. The molecule has 7 nitrogen and oxygen atoms in total. The van der Waals surface area contributed by atoms with Crippen molar-refractivity contribution in [1.82, 2.24) is 20.9 Å². The van der Waals surface area contributed by atoms with Crippen LogP contribution in [0.25, 0.3) is 10.8 Å². The number of guanidine groups is 1. The maximum Gasteiger partial charge on any atom is 0.408 e. The molecule has 1 aromatic heterocycles. The zero-order chi connectivity index (χ0) is 20.8. The first kappa shape index (κ1) is 24.9. The van der Waals surface area contributed by atoms with Gasteiger partial charge >= 0.3 is 6.09 Å². The number of pyridine rings is 1. The Bertz CT molecular complexity index is 841. The number of halogens is 1. The molecule has 3 N–H and O–H groups in total. The first-order chi connectivity index (χ1) is 13.1. The third-order valence-electron chi connectivity index (χ3n) is 3.94. The predicted molar refractivity (Wildman–Crippen MR) is 129 cm³/mol. The van der Waals surface area contributed by atoms with Crippen LogP contribution in [0.3, 0.4) is 0 Å². The highest BCUT2D eigenvalue weighted by molar-refractivity contribution is 14.0. The zero-order valence-electron chi connectivity index (χ0n) is 18.0. The van der Waals surface area contributed by atoms with Gasteiger partial charge in [-0.25, -0.2) is 4.79 Å². The number of fused-ring (bicyclic) bond motifs is 1. The number of carbonyl (C=O) groups is 1. The molecule has 1 amide bonds. The number of alkyl carbamates (subject to hydrolysis) is 1. The van der Waals surface area contributed by atoms with E-state index in [0.29, 0.717) is 19.0 Å². The van der Waals surface area contributed by atoms with Crippen LogP contribution in [-0.2, 0) is 11.3 Å². The van der Waals surface area contributed by atoms with E-state index in [1.54, 1.807) is 7.05 Å². The number of ether oxygens (including phenoxy) is 1. The second-order valence-corrected chi connectivity index (χ2v) is 8.27. The van der Waals surface area contributed by atoms with E-state index in [0.717, 1.165) is 16.5 Å². The molecule has 0 aliphatic heterocycles. The Morgan fingerprint density at radius 3 is 2.45 bits per heavy atom. The lowest BCUT2D eigenvalue weighted by Gasteiger charge is -2.29. The molecule has 8 heteroatoms. The first-order valence-corrected chi connectivity index (χ1v) is 9.38. The number of amides is 1. The minimum Gasteiger partial charge on any atom is -0.444 e. The highest BCUT2D eigenvalue weighted by Gasteiger charge is 2.24. The Hall–Kier alpha value is -2.10. The monoisotopic (exact) mass is 513 g/mol. The van der Waals surface area contributed by atoms with Crippen LogP contribution in [0.4, 0.5) is 4.79 Å². The second kappa shape index (κ2) is 10.6. The van der Waals surface area contributed by atoms with E-state index in [1.165, 1.54) is 0 Å². The lowest BCUT2D eigenvalue weighted by molar-refractivity contribution is 0.0474. The second-order valence-electron chi connectivity index (χ2n) is 8.27. The molecule has 0 bridgehead atoms. The van der Waals surface area contributed by atoms with Crippen molar-refractivity contribution in [3.63, 3.8) is 0 Å². The highest BCUT2D eigenvalue weighted by atomic mass is 127. The summed E-state index contributed by atoms with van der Waals surface area (Å²) in [5.74, 6) is 0.633. The number of carbonyl (C=O) groups excluding carboxylic acids is 1. The van der Waals surface area contributed by atoms with Crippen molar-refractivity contribution in [2.45, 2.75) is 52.3 Å². The number of hydrogen-bond acceptors (Lipinski definition) is 4. The molecule has 2 aromatic rings. The third-order valence-corrected chi connectivity index (χ3v) is 3.94. The molecular formula is C21H32IN5O2. The summed E-state index contributed by atoms with van der Waals surface area (Å²) in [5, 5.41) is 11.6. The fourth-order valence-electron chi connectivity index (χ4n) is 2.64. The van der Waals surface area contributed by atoms with Crippen molar-refractivity contribution >= 4 is 46.8 Å². The number of nitrogens with one attached hydrogen (secondary N) is 3. The van der Waals surface area contributed by atoms with Gasteiger partial charge < -0.3 is 20.7 Å². The number of aliphatic imine (C=N–C) groups is 1. The summed E-state index contributed by atoms with van der Waals surface area (Å²) < 4.78 is 5.32. The number of hydrogen-bond donors (Lipinski definition) is 3. The van der Waals surface area contributed by atoms with Gasteiger partial charge in [-0.15, -0.1) is 24.0 Å². The lowest BCUT2D eigenvalue weighted by atomic mass is 10.1. The largest absolute Gasteiger partial charge is 0.444 e. The maximum absolute atomic E-state index is 12.0. The summed E-state index contributed by atoms with van der Waals surface area (Å²) in [7, 11) is 1.71. The minimum absolute atomic E-state index is 0. The summed E-state index contributed by atoms with van der Waals surface area (Å²) in [4.78, 5) is 20.7. The van der Waals surface area contributed by atoms with Gasteiger partial charge in [0, 0.05) is 25.2 Å². The number of benzene rings is 1. The van der Waals surface area contributed by atoms with Gasteiger partial charge in [0.25, 0.3) is 0 Å². The average molecular weight is 513 g/mol. The fourth-order valence-corrected chi connectivity index (χ4v) is 2.64. The summed E-state index contributed by atoms with van der Waals surface area (Å²) >= 11 is 0. The molecule has 0 saturated carbocycles. The molecule has 0 atom stereocenters. The Morgan fingerprint density at radius 2 is 1.79 bits per heavy atom. The molecule has 0 fully saturated rings. The molecule has 0 aliphatic carbocycles. The van der Waals surface area contributed by atoms with Gasteiger partial charge in [0.05, 0.1) is 17.8 Å². The summed E-state index contributed by atoms with van der Waals surface area (Å²) in [6.45, 7) is 10.4. The predicted octanol–water partition coefficient (Wildman–Crippen LogP) is 3.82. The first-order valence-electron chi connectivity index (χ1n) is 9.38. The van der Waals surface area contributed by atoms with Crippen LogP contribution in [0.15, 0.2) is 41.5 Å². The number of aromatic nitrogens is 1. The van der Waals surface area contributed by atoms with Gasteiger partial charge in [0.2, 0.25) is 0 Å². The topological polar surface area (TPSA) is 87.6 Å². The van der Waals surface area contributed by atoms with Gasteiger partial charge in [-0.2, -0.15) is 0 Å². The van der Waals surface area contributed by atoms with Gasteiger partial charge in [0.15, 0.2) is 5.96 Å². The van der Waals surface area contributed by atoms with Gasteiger partial charge in [-0.3, -0.25) is 9.98 Å². The molecule has 1 aromatic carbocycles. The van der Waals surface area contributed by atoms with Crippen molar-refractivity contribution in [3.05, 3.63) is 42.2 Å². The van der Waals surface area contributed by atoms with Crippen LogP contribution in [0.2, 0.25) is 0 Å². The molecule has 29 heavy (non-hydrogen) atoms. The van der Waals surface area contributed by atoms with Crippen LogP contribution in [0, 0.1) is 0 Å². The van der Waals surface area contributed by atoms with E-state index >= 15 is 0 Å². The highest BCUT2D eigenvalue weighted by Crippen LogP contribution is 2.16. The van der Waals surface area contributed by atoms with Crippen LogP contribution in [0.1, 0.15) is 40.3 Å². The lowest BCUT2D eigenvalue weighted by Crippen LogP contribution is -2.54. The maximum atomic E-state index is 12.0. The summed E-state index contributed by atoms with van der Waals surface area (Å²) in [6, 6.07) is 10.1. The number of nitrogens with zero attached hydrogens (tertiary/aromatic N) is 2. The van der Waals surface area contributed by atoms with Gasteiger partial charge in [0.1, 0.15) is 5.60 Å². The number of rotatable bonds is 5. The zero-order valence-corrected chi connectivity index (χ0v) is 20.3. The van der Waals surface area contributed by atoms with E-state index in [1.807, 2.05) is 59.0 Å². The van der Waals surface area contributed by atoms with Gasteiger partial charge in [-0.05, 0) is 46.1 Å². The van der Waals surface area contributed by atoms with E-state index in [2.05, 4.69) is 38.1 Å². The smallest absolute Gasteiger partial charge is 0.408 e. The van der Waals surface area contributed by atoms with E-state index in [-0.39, 0.29) is 24.0 Å². The molecule has 0 aliphatic rings. The van der Waals surface area contributed by atoms with E-state index in [4.69, 9.17) is 4.74 Å². The van der Waals surface area contributed by atoms with E-state index in [9.17, 15) is 4.79 Å². The SMILES string of the molecule is CN=C(NCc1nccc2ccccc12)NCC(C)(C)NC(=O)OC(C)(C)C.I. The summed E-state index contributed by atoms with van der Waals surface area (Å²) in [5.41, 5.74) is -0.0962. The Kier molecular flexibility index (Phi) is 9.13. The Balaban J connectivity index is 0.00000420. The van der Waals surface area contributed by atoms with Crippen LogP contribution < -0.4 is 16.0 Å². The van der Waals surface area contributed by atoms with E-state index < -0.39 is 17.2 Å². The summed E-state index contributed by atoms with van der Waals surface area (Å²) in [6.07, 6.45) is 1.37. The third kappa shape index (κ3) is 8.43. The molecule has 2 rings (SSSR count). The van der Waals surface area contributed by atoms with Crippen LogP contribution in [-0.4, -0.2) is 41.8 Å². The standard InChI is InChI=1S/C21H31N5O2.HI/c1-20(2,3)28-19(27)26-21(4,5)14-25-18(22-6)24-13-17-16-10-8-7-9-15(16)11-12-23-17;/h7-12H,13-14H2,1-6H3,(H,26,27)(H2,22,24,25);1H. The fraction of sp³-hybridized carbons (Fsp3) is 0.476. The quantitative estimate of drug-likeness (QED) is 0.322. The molecule has 1 heterocycles. The molecule has 160 valence electrons. The average Bonchev–Trinajstić information content (AvgIpc) is 2.59. The molecule has 0 spiro atoms. The Labute approximate surface area is 190 Å². The normalized spacial score (nSPS) is 12.1. The minimum atomic E-state index is -0.531. The van der Waals surface area contributed by atoms with Crippen molar-refractivity contribution < 1.29 is 9.53 Å².